The number of methoxy groups -OCH3 is 2. The summed E-state index contributed by atoms with van der Waals surface area (Å²) in [6, 6.07) is 9.07. The summed E-state index contributed by atoms with van der Waals surface area (Å²) in [6.07, 6.45) is -4.47. The fourth-order valence-electron chi connectivity index (χ4n) is 2.78. The molecule has 0 bridgehead atoms. The molecule has 2 aromatic carbocycles. The smallest absolute Gasteiger partial charge is 0.416 e. The maximum atomic E-state index is 12.8. The molecule has 1 aromatic heterocycles. The summed E-state index contributed by atoms with van der Waals surface area (Å²) in [6.45, 7) is 0. The number of aromatic nitrogens is 1. The minimum Gasteiger partial charge on any atom is -0.497 e. The van der Waals surface area contributed by atoms with Gasteiger partial charge in [0.25, 0.3) is 0 Å². The van der Waals surface area contributed by atoms with Crippen LogP contribution < -0.4 is 4.74 Å². The lowest BCUT2D eigenvalue weighted by molar-refractivity contribution is -0.137. The Labute approximate surface area is 146 Å². The third kappa shape index (κ3) is 2.83. The first-order valence-corrected chi connectivity index (χ1v) is 7.45. The molecule has 8 heteroatoms. The minimum absolute atomic E-state index is 0.185. The van der Waals surface area contributed by atoms with Gasteiger partial charge in [-0.05, 0) is 29.8 Å². The quantitative estimate of drug-likeness (QED) is 0.553. The molecule has 1 heterocycles. The average Bonchev–Trinajstić information content (AvgIpc) is 2.92. The molecule has 0 aliphatic rings. The molecule has 0 aliphatic carbocycles. The minimum atomic E-state index is -4.47. The number of hydrogen-bond donors (Lipinski definition) is 1. The van der Waals surface area contributed by atoms with Crippen LogP contribution in [0.25, 0.3) is 22.0 Å². The van der Waals surface area contributed by atoms with Crippen LogP contribution in [-0.4, -0.2) is 30.1 Å². The van der Waals surface area contributed by atoms with E-state index < -0.39 is 17.7 Å². The van der Waals surface area contributed by atoms with E-state index in [1.807, 2.05) is 0 Å². The molecule has 3 rings (SSSR count). The molecule has 1 N–H and O–H groups in total. The van der Waals surface area contributed by atoms with Crippen molar-refractivity contribution in [1.29, 1.82) is 0 Å². The van der Waals surface area contributed by atoms with Crippen LogP contribution in [0, 0.1) is 0 Å². The fourth-order valence-corrected chi connectivity index (χ4v) is 2.78. The van der Waals surface area contributed by atoms with Crippen molar-refractivity contribution in [2.24, 2.45) is 0 Å². The molecule has 0 saturated carbocycles. The molecule has 5 nitrogen and oxygen atoms in total. The Hall–Kier alpha value is -3.16. The molecule has 0 radical (unpaired) electrons. The lowest BCUT2D eigenvalue weighted by atomic mass is 10.00. The van der Waals surface area contributed by atoms with Crippen LogP contribution in [0.15, 0.2) is 42.5 Å². The Balaban J connectivity index is 2.28. The van der Waals surface area contributed by atoms with Crippen molar-refractivity contribution in [2.75, 3.05) is 14.2 Å². The first-order valence-electron chi connectivity index (χ1n) is 7.45. The zero-order valence-electron chi connectivity index (χ0n) is 13.8. The summed E-state index contributed by atoms with van der Waals surface area (Å²) in [5.41, 5.74) is -0.127. The van der Waals surface area contributed by atoms with Crippen LogP contribution in [0.4, 0.5) is 13.2 Å². The van der Waals surface area contributed by atoms with Crippen LogP contribution in [0.5, 0.6) is 5.75 Å². The van der Waals surface area contributed by atoms with E-state index in [4.69, 9.17) is 9.47 Å². The highest BCUT2D eigenvalue weighted by atomic mass is 19.4. The van der Waals surface area contributed by atoms with Crippen LogP contribution in [0.3, 0.4) is 0 Å². The van der Waals surface area contributed by atoms with Crippen LogP contribution in [-0.2, 0) is 10.9 Å². The molecule has 0 atom stereocenters. The lowest BCUT2D eigenvalue weighted by Crippen LogP contribution is -2.09. The Morgan fingerprint density at radius 1 is 1.08 bits per heavy atom. The molecule has 0 fully saturated rings. The van der Waals surface area contributed by atoms with Gasteiger partial charge in [0, 0.05) is 17.0 Å². The molecule has 0 amide bonds. The fraction of sp³-hybridized carbons (Fsp3) is 0.167. The number of fused-ring (bicyclic) bond motifs is 1. The summed E-state index contributed by atoms with van der Waals surface area (Å²) in [5, 5.41) is 10.9. The van der Waals surface area contributed by atoms with Crippen molar-refractivity contribution in [2.45, 2.75) is 6.18 Å². The molecule has 0 spiro atoms. The normalized spacial score (nSPS) is 11.6. The van der Waals surface area contributed by atoms with Gasteiger partial charge in [-0.2, -0.15) is 17.9 Å². The van der Waals surface area contributed by atoms with Crippen molar-refractivity contribution in [3.8, 4) is 16.9 Å². The number of carbonyl (C=O) groups excluding carboxylic acids is 1. The number of halogens is 3. The van der Waals surface area contributed by atoms with Crippen molar-refractivity contribution in [3.63, 3.8) is 0 Å². The van der Waals surface area contributed by atoms with E-state index in [0.717, 1.165) is 19.2 Å². The van der Waals surface area contributed by atoms with Crippen LogP contribution in [0.2, 0.25) is 0 Å². The number of hydrogen-bond acceptors (Lipinski definition) is 4. The van der Waals surface area contributed by atoms with E-state index in [0.29, 0.717) is 21.4 Å². The number of rotatable bonds is 3. The molecule has 0 aliphatic heterocycles. The largest absolute Gasteiger partial charge is 0.497 e. The predicted molar refractivity (Wildman–Crippen MR) is 87.5 cm³/mol. The molecule has 26 heavy (non-hydrogen) atoms. The highest BCUT2D eigenvalue weighted by Crippen LogP contribution is 2.38. The van der Waals surface area contributed by atoms with Gasteiger partial charge in [0.1, 0.15) is 5.75 Å². The van der Waals surface area contributed by atoms with Gasteiger partial charge in [-0.1, -0.05) is 12.1 Å². The highest BCUT2D eigenvalue weighted by molar-refractivity contribution is 6.08. The number of carbonyl (C=O) groups is 1. The zero-order chi connectivity index (χ0) is 19.1. The first kappa shape index (κ1) is 17.7. The highest BCUT2D eigenvalue weighted by Gasteiger charge is 2.31. The Morgan fingerprint density at radius 3 is 2.27 bits per heavy atom. The number of esters is 1. The van der Waals surface area contributed by atoms with Gasteiger partial charge in [-0.25, -0.2) is 4.79 Å². The Morgan fingerprint density at radius 2 is 1.73 bits per heavy atom. The van der Waals surface area contributed by atoms with E-state index in [1.54, 1.807) is 12.1 Å². The Kier molecular flexibility index (Phi) is 4.27. The molecular weight excluding hydrogens is 351 g/mol. The van der Waals surface area contributed by atoms with Crippen LogP contribution >= 0.6 is 0 Å². The van der Waals surface area contributed by atoms with E-state index in [2.05, 4.69) is 0 Å². The summed E-state index contributed by atoms with van der Waals surface area (Å²) < 4.78 is 48.8. The maximum absolute atomic E-state index is 12.8. The Bertz CT molecular complexity index is 975. The molecule has 0 saturated heterocycles. The van der Waals surface area contributed by atoms with E-state index in [1.165, 1.54) is 25.3 Å². The number of nitrogens with zero attached hydrogens (tertiary/aromatic N) is 1. The second kappa shape index (κ2) is 6.29. The van der Waals surface area contributed by atoms with Gasteiger partial charge >= 0.3 is 12.1 Å². The molecular formula is C18H14F3NO4. The van der Waals surface area contributed by atoms with Crippen molar-refractivity contribution in [1.82, 2.24) is 4.73 Å². The van der Waals surface area contributed by atoms with Crippen molar-refractivity contribution >= 4 is 16.9 Å². The first-order chi connectivity index (χ1) is 12.3. The van der Waals surface area contributed by atoms with Gasteiger partial charge < -0.3 is 14.7 Å². The van der Waals surface area contributed by atoms with E-state index in [9.17, 15) is 23.2 Å². The predicted octanol–water partition coefficient (Wildman–Crippen LogP) is 4.36. The van der Waals surface area contributed by atoms with Gasteiger partial charge in [-0.15, -0.1) is 0 Å². The standard InChI is InChI=1S/C18H14F3NO4/c1-25-12-7-8-13-14(9-12)22(24)16(17(23)26-2)15(13)10-3-5-11(6-4-10)18(19,20)21/h3-9,24H,1-2H3. The van der Waals surface area contributed by atoms with Crippen molar-refractivity contribution in [3.05, 3.63) is 53.7 Å². The van der Waals surface area contributed by atoms with E-state index >= 15 is 0 Å². The second-order valence-corrected chi connectivity index (χ2v) is 5.49. The van der Waals surface area contributed by atoms with Gasteiger partial charge in [0.15, 0.2) is 5.69 Å². The average molecular weight is 365 g/mol. The molecule has 136 valence electrons. The monoisotopic (exact) mass is 365 g/mol. The number of ether oxygens (including phenoxy) is 2. The zero-order valence-corrected chi connectivity index (χ0v) is 13.8. The maximum Gasteiger partial charge on any atom is 0.416 e. The van der Waals surface area contributed by atoms with Crippen LogP contribution in [0.1, 0.15) is 16.1 Å². The third-order valence-corrected chi connectivity index (χ3v) is 4.03. The van der Waals surface area contributed by atoms with Gasteiger partial charge in [0.2, 0.25) is 0 Å². The summed E-state index contributed by atoms with van der Waals surface area (Å²) in [4.78, 5) is 12.2. The van der Waals surface area contributed by atoms with Crippen molar-refractivity contribution < 1.29 is 32.6 Å². The topological polar surface area (TPSA) is 60.7 Å². The molecule has 0 unspecified atom stereocenters. The summed E-state index contributed by atoms with van der Waals surface area (Å²) in [7, 11) is 2.60. The van der Waals surface area contributed by atoms with Gasteiger partial charge in [-0.3, -0.25) is 0 Å². The number of alkyl halides is 3. The third-order valence-electron chi connectivity index (χ3n) is 4.03. The lowest BCUT2D eigenvalue weighted by Gasteiger charge is -2.09. The van der Waals surface area contributed by atoms with E-state index in [-0.39, 0.29) is 16.8 Å². The summed E-state index contributed by atoms with van der Waals surface area (Å²) >= 11 is 0. The van der Waals surface area contributed by atoms with Gasteiger partial charge in [0.05, 0.1) is 25.3 Å². The second-order valence-electron chi connectivity index (χ2n) is 5.49. The SMILES string of the molecule is COC(=O)c1c(-c2ccc(C(F)(F)F)cc2)c2ccc(OC)cc2n1O. The number of benzene rings is 2. The molecule has 3 aromatic rings. The summed E-state index contributed by atoms with van der Waals surface area (Å²) in [5.74, 6) is -0.377.